The quantitative estimate of drug-likeness (QED) is 0.546. The zero-order chi connectivity index (χ0) is 23.5. The van der Waals surface area contributed by atoms with Gasteiger partial charge in [-0.05, 0) is 31.0 Å². The average molecular weight is 483 g/mol. The van der Waals surface area contributed by atoms with E-state index >= 15 is 0 Å². The van der Waals surface area contributed by atoms with Crippen molar-refractivity contribution in [1.29, 1.82) is 0 Å². The van der Waals surface area contributed by atoms with Crippen LogP contribution in [0.3, 0.4) is 0 Å². The van der Waals surface area contributed by atoms with Crippen molar-refractivity contribution in [2.75, 3.05) is 36.6 Å². The summed E-state index contributed by atoms with van der Waals surface area (Å²) in [5.41, 5.74) is 2.21. The largest absolute Gasteiger partial charge is 0.381 e. The van der Waals surface area contributed by atoms with E-state index in [1.165, 1.54) is 0 Å². The molecule has 1 unspecified atom stereocenters. The van der Waals surface area contributed by atoms with Crippen molar-refractivity contribution >= 4 is 28.3 Å². The number of nitrogens with one attached hydrogen (secondary N) is 2. The smallest absolute Gasteiger partial charge is 0.274 e. The summed E-state index contributed by atoms with van der Waals surface area (Å²) in [5.74, 6) is -0.0304. The molecule has 0 spiro atoms. The van der Waals surface area contributed by atoms with Crippen LogP contribution in [-0.2, 0) is 22.1 Å². The highest BCUT2D eigenvalue weighted by atomic mass is 32.2. The van der Waals surface area contributed by atoms with E-state index in [0.29, 0.717) is 42.6 Å². The molecule has 1 fully saturated rings. The number of nitrogens with zero attached hydrogens (tertiary/aromatic N) is 4. The van der Waals surface area contributed by atoms with E-state index in [-0.39, 0.29) is 24.0 Å². The third kappa shape index (κ3) is 4.95. The van der Waals surface area contributed by atoms with Crippen molar-refractivity contribution in [3.05, 3.63) is 54.2 Å². The van der Waals surface area contributed by atoms with Gasteiger partial charge >= 0.3 is 0 Å². The summed E-state index contributed by atoms with van der Waals surface area (Å²) in [6.45, 7) is 2.08. The van der Waals surface area contributed by atoms with Gasteiger partial charge < -0.3 is 19.9 Å². The number of aryl methyl sites for hydroxylation is 1. The summed E-state index contributed by atoms with van der Waals surface area (Å²) < 4.78 is 21.6. The van der Waals surface area contributed by atoms with Gasteiger partial charge in [0.2, 0.25) is 0 Å². The van der Waals surface area contributed by atoms with E-state index in [0.717, 1.165) is 18.4 Å². The predicted octanol–water partition coefficient (Wildman–Crippen LogP) is 1.84. The molecule has 2 N–H and O–H groups in total. The summed E-state index contributed by atoms with van der Waals surface area (Å²) in [7, 11) is -1.09. The standard InChI is InChI=1S/C23H26N6O4S/c30-22-19-3-1-2-18(25-19)16-4-8-28(14-16)9-13-34(32)12-7-24-23(31)21-20(26-22)15-29(27-21)17-5-10-33-11-6-17/h1-4,8,14-15,17H,5-7,9-13H2,(H,24,31)(H,26,30). The fraction of sp³-hybridized carbons (Fsp3) is 0.391. The molecule has 5 rings (SSSR count). The minimum atomic E-state index is -1.09. The zero-order valence-corrected chi connectivity index (χ0v) is 19.4. The van der Waals surface area contributed by atoms with Crippen LogP contribution >= 0.6 is 0 Å². The number of hydrogen-bond acceptors (Lipinski definition) is 6. The molecule has 5 heterocycles. The Hall–Kier alpha value is -3.31. The van der Waals surface area contributed by atoms with Crippen molar-refractivity contribution < 1.29 is 18.5 Å². The van der Waals surface area contributed by atoms with Gasteiger partial charge in [0.05, 0.1) is 17.4 Å². The van der Waals surface area contributed by atoms with Crippen LogP contribution in [0.2, 0.25) is 0 Å². The van der Waals surface area contributed by atoms with Gasteiger partial charge in [-0.15, -0.1) is 0 Å². The van der Waals surface area contributed by atoms with E-state index in [9.17, 15) is 13.8 Å². The summed E-state index contributed by atoms with van der Waals surface area (Å²) >= 11 is 0. The molecule has 2 aliphatic heterocycles. The zero-order valence-electron chi connectivity index (χ0n) is 18.6. The number of aromatic nitrogens is 4. The van der Waals surface area contributed by atoms with Gasteiger partial charge in [0.1, 0.15) is 5.69 Å². The van der Waals surface area contributed by atoms with Crippen LogP contribution in [0.25, 0.3) is 11.3 Å². The number of rotatable bonds is 1. The van der Waals surface area contributed by atoms with E-state index in [2.05, 4.69) is 20.7 Å². The highest BCUT2D eigenvalue weighted by molar-refractivity contribution is 7.84. The second-order valence-electron chi connectivity index (χ2n) is 8.32. The predicted molar refractivity (Wildman–Crippen MR) is 127 cm³/mol. The molecule has 1 saturated heterocycles. The molecule has 1 atom stereocenters. The van der Waals surface area contributed by atoms with Crippen LogP contribution in [0.5, 0.6) is 0 Å². The number of amides is 2. The number of anilines is 1. The molecule has 2 amide bonds. The molecular formula is C23H26N6O4S. The van der Waals surface area contributed by atoms with E-state index in [1.54, 1.807) is 23.0 Å². The maximum absolute atomic E-state index is 13.1. The Bertz CT molecular complexity index is 1230. The van der Waals surface area contributed by atoms with E-state index in [1.807, 2.05) is 29.1 Å². The Labute approximate surface area is 199 Å². The number of hydrogen-bond donors (Lipinski definition) is 2. The lowest BCUT2D eigenvalue weighted by Crippen LogP contribution is -2.30. The summed E-state index contributed by atoms with van der Waals surface area (Å²) in [5, 5.41) is 10.1. The Morgan fingerprint density at radius 1 is 1.03 bits per heavy atom. The summed E-state index contributed by atoms with van der Waals surface area (Å²) in [4.78, 5) is 30.5. The average Bonchev–Trinajstić information content (AvgIpc) is 3.50. The van der Waals surface area contributed by atoms with Crippen LogP contribution in [0.4, 0.5) is 5.69 Å². The first-order chi connectivity index (χ1) is 16.6. The maximum Gasteiger partial charge on any atom is 0.274 e. The Balaban J connectivity index is 1.49. The fourth-order valence-electron chi connectivity index (χ4n) is 4.10. The molecule has 0 aromatic carbocycles. The van der Waals surface area contributed by atoms with E-state index < -0.39 is 22.6 Å². The SMILES string of the molecule is O=C1Nc2cn(C3CCOCC3)nc2C(=O)NCCS(=O)CCn2ccc(c2)-c2cccc1n2. The molecule has 2 aliphatic rings. The van der Waals surface area contributed by atoms with Crippen molar-refractivity contribution in [1.82, 2.24) is 24.6 Å². The molecule has 10 nitrogen and oxygen atoms in total. The van der Waals surface area contributed by atoms with Gasteiger partial charge in [0.15, 0.2) is 5.69 Å². The van der Waals surface area contributed by atoms with Crippen LogP contribution in [0.1, 0.15) is 39.9 Å². The first kappa shape index (κ1) is 22.5. The highest BCUT2D eigenvalue weighted by Crippen LogP contribution is 2.25. The second kappa shape index (κ2) is 9.90. The van der Waals surface area contributed by atoms with Crippen LogP contribution in [0.15, 0.2) is 42.9 Å². The number of pyridine rings is 1. The molecule has 34 heavy (non-hydrogen) atoms. The Morgan fingerprint density at radius 3 is 2.71 bits per heavy atom. The van der Waals surface area contributed by atoms with Crippen molar-refractivity contribution in [2.45, 2.75) is 25.4 Å². The molecule has 178 valence electrons. The first-order valence-corrected chi connectivity index (χ1v) is 12.8. The minimum absolute atomic E-state index is 0.0850. The third-order valence-corrected chi connectivity index (χ3v) is 7.28. The number of carbonyl (C=O) groups excluding carboxylic acids is 2. The second-order valence-corrected chi connectivity index (χ2v) is 10.0. The molecule has 0 aliphatic carbocycles. The van der Waals surface area contributed by atoms with Gasteiger partial charge in [-0.2, -0.15) is 5.10 Å². The lowest BCUT2D eigenvalue weighted by molar-refractivity contribution is 0.0660. The van der Waals surface area contributed by atoms with E-state index in [4.69, 9.17) is 4.74 Å². The monoisotopic (exact) mass is 482 g/mol. The van der Waals surface area contributed by atoms with Crippen LogP contribution in [-0.4, -0.2) is 66.6 Å². The minimum Gasteiger partial charge on any atom is -0.381 e. The van der Waals surface area contributed by atoms with Crippen LogP contribution < -0.4 is 10.6 Å². The molecule has 3 aromatic heterocycles. The van der Waals surface area contributed by atoms with Crippen molar-refractivity contribution in [2.24, 2.45) is 0 Å². The fourth-order valence-corrected chi connectivity index (χ4v) is 5.05. The van der Waals surface area contributed by atoms with Crippen molar-refractivity contribution in [3.63, 3.8) is 0 Å². The first-order valence-electron chi connectivity index (χ1n) is 11.3. The molecule has 3 aromatic rings. The normalized spacial score (nSPS) is 20.2. The highest BCUT2D eigenvalue weighted by Gasteiger charge is 2.24. The molecule has 4 bridgehead atoms. The maximum atomic E-state index is 13.1. The lowest BCUT2D eigenvalue weighted by Gasteiger charge is -2.22. The van der Waals surface area contributed by atoms with Crippen LogP contribution in [0, 0.1) is 0 Å². The Kier molecular flexibility index (Phi) is 6.54. The van der Waals surface area contributed by atoms with Gasteiger partial charge in [0, 0.05) is 72.8 Å². The van der Waals surface area contributed by atoms with Gasteiger partial charge in [0.25, 0.3) is 11.8 Å². The third-order valence-electron chi connectivity index (χ3n) is 5.98. The van der Waals surface area contributed by atoms with Gasteiger partial charge in [-0.3, -0.25) is 18.5 Å². The Morgan fingerprint density at radius 2 is 1.85 bits per heavy atom. The number of fused-ring (bicyclic) bond motifs is 6. The number of ether oxygens (including phenoxy) is 1. The summed E-state index contributed by atoms with van der Waals surface area (Å²) in [6.07, 6.45) is 7.08. The topological polar surface area (TPSA) is 120 Å². The summed E-state index contributed by atoms with van der Waals surface area (Å²) in [6, 6.07) is 7.26. The van der Waals surface area contributed by atoms with Gasteiger partial charge in [-0.1, -0.05) is 6.07 Å². The lowest BCUT2D eigenvalue weighted by atomic mass is 10.1. The molecular weight excluding hydrogens is 456 g/mol. The molecule has 11 heteroatoms. The number of carbonyl (C=O) groups is 2. The van der Waals surface area contributed by atoms with Crippen molar-refractivity contribution in [3.8, 4) is 11.3 Å². The van der Waals surface area contributed by atoms with Gasteiger partial charge in [-0.25, -0.2) is 4.98 Å². The molecule has 0 radical (unpaired) electrons. The molecule has 0 saturated carbocycles.